The zero-order valence-corrected chi connectivity index (χ0v) is 11.9. The molecule has 0 rings (SSSR count). The van der Waals surface area contributed by atoms with Gasteiger partial charge in [-0.3, -0.25) is 10.1 Å². The Bertz CT molecular complexity index is 218. The molecule has 0 radical (unpaired) electrons. The van der Waals surface area contributed by atoms with E-state index in [0.29, 0.717) is 0 Å². The van der Waals surface area contributed by atoms with Gasteiger partial charge in [-0.2, -0.15) is 0 Å². The van der Waals surface area contributed by atoms with Crippen molar-refractivity contribution < 1.29 is 9.90 Å². The van der Waals surface area contributed by atoms with Gasteiger partial charge in [0.2, 0.25) is 0 Å². The lowest BCUT2D eigenvalue weighted by atomic mass is 9.92. The Labute approximate surface area is 106 Å². The van der Waals surface area contributed by atoms with Gasteiger partial charge in [0.05, 0.1) is 0 Å². The monoisotopic (exact) mass is 243 g/mol. The molecule has 0 saturated heterocycles. The van der Waals surface area contributed by atoms with Crippen LogP contribution in [0.3, 0.4) is 0 Å². The Morgan fingerprint density at radius 1 is 1.24 bits per heavy atom. The fourth-order valence-corrected chi connectivity index (χ4v) is 2.20. The average Bonchev–Trinajstić information content (AvgIpc) is 2.24. The number of carboxylic acids is 1. The quantitative estimate of drug-likeness (QED) is 0.577. The second-order valence-electron chi connectivity index (χ2n) is 5.28. The molecular weight excluding hydrogens is 214 g/mol. The summed E-state index contributed by atoms with van der Waals surface area (Å²) in [5.41, 5.74) is -0.762. The molecule has 2 atom stereocenters. The Balaban J connectivity index is 4.20. The molecule has 0 aromatic heterocycles. The summed E-state index contributed by atoms with van der Waals surface area (Å²) in [5, 5.41) is 12.6. The van der Waals surface area contributed by atoms with Gasteiger partial charge in [-0.15, -0.1) is 0 Å². The highest BCUT2D eigenvalue weighted by Gasteiger charge is 2.33. The Morgan fingerprint density at radius 3 is 2.35 bits per heavy atom. The molecule has 0 bridgehead atoms. The molecule has 3 nitrogen and oxygen atoms in total. The molecular formula is C14H29NO2. The Hall–Kier alpha value is -0.570. The maximum absolute atomic E-state index is 11.4. The van der Waals surface area contributed by atoms with Gasteiger partial charge in [-0.05, 0) is 26.7 Å². The predicted octanol–water partition coefficient (Wildman–Crippen LogP) is 3.58. The van der Waals surface area contributed by atoms with Crippen LogP contribution in [-0.2, 0) is 4.79 Å². The van der Waals surface area contributed by atoms with Crippen LogP contribution in [0.5, 0.6) is 0 Å². The van der Waals surface area contributed by atoms with Crippen LogP contribution in [0.2, 0.25) is 0 Å². The summed E-state index contributed by atoms with van der Waals surface area (Å²) >= 11 is 0. The third-order valence-electron chi connectivity index (χ3n) is 3.29. The van der Waals surface area contributed by atoms with Gasteiger partial charge in [0.25, 0.3) is 0 Å². The summed E-state index contributed by atoms with van der Waals surface area (Å²) in [6.07, 6.45) is 7.32. The molecule has 0 fully saturated rings. The third kappa shape index (κ3) is 6.67. The molecule has 0 heterocycles. The molecule has 3 heteroatoms. The molecule has 17 heavy (non-hydrogen) atoms. The smallest absolute Gasteiger partial charge is 0.323 e. The standard InChI is InChI=1S/C14H29NO2/c1-5-7-8-9-11-14(4,13(16)17)15-12(3)10-6-2/h12,15H,5-11H2,1-4H3,(H,16,17). The molecule has 0 aliphatic carbocycles. The van der Waals surface area contributed by atoms with Gasteiger partial charge >= 0.3 is 5.97 Å². The highest BCUT2D eigenvalue weighted by molar-refractivity contribution is 5.78. The number of hydrogen-bond acceptors (Lipinski definition) is 2. The normalized spacial score (nSPS) is 16.5. The number of aliphatic carboxylic acids is 1. The molecule has 0 aromatic rings. The molecule has 2 unspecified atom stereocenters. The molecule has 0 amide bonds. The van der Waals surface area contributed by atoms with Gasteiger partial charge in [-0.1, -0.05) is 46.0 Å². The minimum atomic E-state index is -0.762. The first-order valence-corrected chi connectivity index (χ1v) is 6.97. The number of unbranched alkanes of at least 4 members (excludes halogenated alkanes) is 3. The molecule has 0 aliphatic heterocycles. The van der Waals surface area contributed by atoms with Crippen molar-refractivity contribution >= 4 is 5.97 Å². The van der Waals surface area contributed by atoms with Crippen molar-refractivity contribution in [3.63, 3.8) is 0 Å². The van der Waals surface area contributed by atoms with Crippen LogP contribution < -0.4 is 5.32 Å². The van der Waals surface area contributed by atoms with Crippen molar-refractivity contribution in [2.24, 2.45) is 0 Å². The Morgan fingerprint density at radius 2 is 1.88 bits per heavy atom. The van der Waals surface area contributed by atoms with Crippen LogP contribution in [0.25, 0.3) is 0 Å². The van der Waals surface area contributed by atoms with Crippen LogP contribution in [0, 0.1) is 0 Å². The van der Waals surface area contributed by atoms with Crippen molar-refractivity contribution in [3.8, 4) is 0 Å². The SMILES string of the molecule is CCCCCCC(C)(NC(C)CCC)C(=O)O. The van der Waals surface area contributed by atoms with E-state index < -0.39 is 11.5 Å². The van der Waals surface area contributed by atoms with Gasteiger partial charge in [0, 0.05) is 6.04 Å². The van der Waals surface area contributed by atoms with Crippen LogP contribution >= 0.6 is 0 Å². The van der Waals surface area contributed by atoms with Crippen molar-refractivity contribution in [2.75, 3.05) is 0 Å². The van der Waals surface area contributed by atoms with Crippen LogP contribution in [0.4, 0.5) is 0 Å². The van der Waals surface area contributed by atoms with Crippen LogP contribution in [0.1, 0.15) is 72.6 Å². The van der Waals surface area contributed by atoms with E-state index in [1.165, 1.54) is 12.8 Å². The van der Waals surface area contributed by atoms with E-state index in [9.17, 15) is 9.90 Å². The first-order valence-electron chi connectivity index (χ1n) is 6.97. The van der Waals surface area contributed by atoms with Gasteiger partial charge < -0.3 is 5.11 Å². The van der Waals surface area contributed by atoms with Crippen LogP contribution in [-0.4, -0.2) is 22.7 Å². The summed E-state index contributed by atoms with van der Waals surface area (Å²) in [5.74, 6) is -0.725. The third-order valence-corrected chi connectivity index (χ3v) is 3.29. The first-order chi connectivity index (χ1) is 7.96. The average molecular weight is 243 g/mol. The minimum Gasteiger partial charge on any atom is -0.480 e. The van der Waals surface area contributed by atoms with E-state index in [1.54, 1.807) is 0 Å². The van der Waals surface area contributed by atoms with Crippen molar-refractivity contribution in [3.05, 3.63) is 0 Å². The fraction of sp³-hybridized carbons (Fsp3) is 0.929. The number of nitrogens with one attached hydrogen (secondary N) is 1. The van der Waals surface area contributed by atoms with E-state index in [2.05, 4.69) is 26.1 Å². The molecule has 0 spiro atoms. The minimum absolute atomic E-state index is 0.271. The molecule has 102 valence electrons. The van der Waals surface area contributed by atoms with Crippen LogP contribution in [0.15, 0.2) is 0 Å². The summed E-state index contributed by atoms with van der Waals surface area (Å²) in [4.78, 5) is 11.4. The highest BCUT2D eigenvalue weighted by atomic mass is 16.4. The summed E-state index contributed by atoms with van der Waals surface area (Å²) in [6, 6.07) is 0.271. The fourth-order valence-electron chi connectivity index (χ4n) is 2.20. The van der Waals surface area contributed by atoms with Gasteiger partial charge in [-0.25, -0.2) is 0 Å². The number of hydrogen-bond donors (Lipinski definition) is 2. The van der Waals surface area contributed by atoms with E-state index in [4.69, 9.17) is 0 Å². The summed E-state index contributed by atoms with van der Waals surface area (Å²) < 4.78 is 0. The van der Waals surface area contributed by atoms with Crippen molar-refractivity contribution in [2.45, 2.75) is 84.2 Å². The van der Waals surface area contributed by atoms with E-state index in [1.807, 2.05) is 6.92 Å². The van der Waals surface area contributed by atoms with E-state index in [-0.39, 0.29) is 6.04 Å². The number of carboxylic acid groups (broad SMARTS) is 1. The lowest BCUT2D eigenvalue weighted by Gasteiger charge is -2.30. The lowest BCUT2D eigenvalue weighted by Crippen LogP contribution is -2.53. The second-order valence-corrected chi connectivity index (χ2v) is 5.28. The largest absolute Gasteiger partial charge is 0.480 e. The molecule has 2 N–H and O–H groups in total. The maximum Gasteiger partial charge on any atom is 0.323 e. The van der Waals surface area contributed by atoms with E-state index in [0.717, 1.165) is 32.1 Å². The maximum atomic E-state index is 11.4. The topological polar surface area (TPSA) is 49.3 Å². The van der Waals surface area contributed by atoms with E-state index >= 15 is 0 Å². The zero-order chi connectivity index (χ0) is 13.3. The molecule has 0 aliphatic rings. The van der Waals surface area contributed by atoms with Gasteiger partial charge in [0.1, 0.15) is 5.54 Å². The first kappa shape index (κ1) is 16.4. The van der Waals surface area contributed by atoms with Crippen molar-refractivity contribution in [1.82, 2.24) is 5.32 Å². The Kier molecular flexibility index (Phi) is 8.23. The van der Waals surface area contributed by atoms with Crippen molar-refractivity contribution in [1.29, 1.82) is 0 Å². The lowest BCUT2D eigenvalue weighted by molar-refractivity contribution is -0.144. The number of carbonyl (C=O) groups is 1. The molecule has 0 aromatic carbocycles. The van der Waals surface area contributed by atoms with Gasteiger partial charge in [0.15, 0.2) is 0 Å². The predicted molar refractivity (Wildman–Crippen MR) is 72.3 cm³/mol. The zero-order valence-electron chi connectivity index (χ0n) is 11.9. The molecule has 0 saturated carbocycles. The number of rotatable bonds is 10. The highest BCUT2D eigenvalue weighted by Crippen LogP contribution is 2.17. The summed E-state index contributed by atoms with van der Waals surface area (Å²) in [7, 11) is 0. The summed E-state index contributed by atoms with van der Waals surface area (Å²) in [6.45, 7) is 8.17. The second kappa shape index (κ2) is 8.51.